The number of nitrogens with one attached hydrogen (secondary N) is 1. The Morgan fingerprint density at radius 3 is 2.74 bits per heavy atom. The number of methoxy groups -OCH3 is 1. The highest BCUT2D eigenvalue weighted by Gasteiger charge is 2.15. The predicted octanol–water partition coefficient (Wildman–Crippen LogP) is 4.09. The molecule has 1 heterocycles. The number of ether oxygens (including phenoxy) is 1. The number of hydrogen-bond donors (Lipinski definition) is 1. The van der Waals surface area contributed by atoms with Gasteiger partial charge in [-0.05, 0) is 37.3 Å². The van der Waals surface area contributed by atoms with Gasteiger partial charge in [0.05, 0.1) is 13.2 Å². The molecular formula is C17H15F2N3O. The van der Waals surface area contributed by atoms with Crippen LogP contribution in [0.25, 0.3) is 10.9 Å². The predicted molar refractivity (Wildman–Crippen MR) is 84.5 cm³/mol. The van der Waals surface area contributed by atoms with Crippen molar-refractivity contribution in [3.8, 4) is 5.75 Å². The second kappa shape index (κ2) is 6.16. The van der Waals surface area contributed by atoms with E-state index in [1.54, 1.807) is 18.2 Å². The Labute approximate surface area is 132 Å². The van der Waals surface area contributed by atoms with E-state index in [2.05, 4.69) is 15.3 Å². The molecule has 0 saturated heterocycles. The van der Waals surface area contributed by atoms with Crippen LogP contribution >= 0.6 is 0 Å². The Morgan fingerprint density at radius 2 is 1.96 bits per heavy atom. The number of benzene rings is 2. The lowest BCUT2D eigenvalue weighted by atomic mass is 10.1. The molecule has 0 aliphatic heterocycles. The number of anilines is 1. The molecule has 0 amide bonds. The SMILES string of the molecule is COc1ccc(F)cc1C(C)Nc1ncnc2c(F)cccc12. The van der Waals surface area contributed by atoms with Gasteiger partial charge in [-0.2, -0.15) is 0 Å². The molecule has 118 valence electrons. The second-order valence-corrected chi connectivity index (χ2v) is 5.11. The van der Waals surface area contributed by atoms with Crippen molar-refractivity contribution in [2.24, 2.45) is 0 Å². The average Bonchev–Trinajstić information content (AvgIpc) is 2.56. The van der Waals surface area contributed by atoms with Gasteiger partial charge in [0.15, 0.2) is 0 Å². The molecule has 0 bridgehead atoms. The summed E-state index contributed by atoms with van der Waals surface area (Å²) in [6, 6.07) is 8.70. The molecule has 3 aromatic rings. The van der Waals surface area contributed by atoms with Crippen molar-refractivity contribution in [3.63, 3.8) is 0 Å². The van der Waals surface area contributed by atoms with Gasteiger partial charge in [-0.25, -0.2) is 18.7 Å². The third-order valence-corrected chi connectivity index (χ3v) is 3.63. The first-order valence-corrected chi connectivity index (χ1v) is 7.09. The number of nitrogens with zero attached hydrogens (tertiary/aromatic N) is 2. The standard InChI is InChI=1S/C17H15F2N3O/c1-10(13-8-11(18)6-7-15(13)23-2)22-17-12-4-3-5-14(19)16(12)20-9-21-17/h3-10H,1-2H3,(H,20,21,22). The van der Waals surface area contributed by atoms with Gasteiger partial charge >= 0.3 is 0 Å². The number of hydrogen-bond acceptors (Lipinski definition) is 4. The largest absolute Gasteiger partial charge is 0.496 e. The first-order chi connectivity index (χ1) is 11.1. The van der Waals surface area contributed by atoms with Crippen molar-refractivity contribution in [1.29, 1.82) is 0 Å². The lowest BCUT2D eigenvalue weighted by Crippen LogP contribution is -2.10. The van der Waals surface area contributed by atoms with Gasteiger partial charge in [-0.1, -0.05) is 6.07 Å². The van der Waals surface area contributed by atoms with Crippen LogP contribution < -0.4 is 10.1 Å². The zero-order chi connectivity index (χ0) is 16.4. The summed E-state index contributed by atoms with van der Waals surface area (Å²) in [7, 11) is 1.53. The van der Waals surface area contributed by atoms with Crippen molar-refractivity contribution in [2.45, 2.75) is 13.0 Å². The summed E-state index contributed by atoms with van der Waals surface area (Å²) < 4.78 is 32.6. The summed E-state index contributed by atoms with van der Waals surface area (Å²) in [4.78, 5) is 8.13. The van der Waals surface area contributed by atoms with Crippen LogP contribution in [0.2, 0.25) is 0 Å². The van der Waals surface area contributed by atoms with Crippen molar-refractivity contribution < 1.29 is 13.5 Å². The molecule has 1 aromatic heterocycles. The summed E-state index contributed by atoms with van der Waals surface area (Å²) in [5, 5.41) is 3.73. The lowest BCUT2D eigenvalue weighted by molar-refractivity contribution is 0.406. The molecule has 0 fully saturated rings. The van der Waals surface area contributed by atoms with Crippen LogP contribution in [0, 0.1) is 11.6 Å². The van der Waals surface area contributed by atoms with Gasteiger partial charge in [0, 0.05) is 10.9 Å². The van der Waals surface area contributed by atoms with E-state index in [9.17, 15) is 8.78 Å². The molecule has 1 atom stereocenters. The molecule has 1 N–H and O–H groups in total. The number of rotatable bonds is 4. The molecule has 3 rings (SSSR count). The summed E-state index contributed by atoms with van der Waals surface area (Å²) >= 11 is 0. The maximum atomic E-state index is 13.8. The molecule has 0 saturated carbocycles. The molecule has 1 unspecified atom stereocenters. The van der Waals surface area contributed by atoms with Gasteiger partial charge in [0.2, 0.25) is 0 Å². The molecule has 0 aliphatic rings. The minimum absolute atomic E-state index is 0.239. The van der Waals surface area contributed by atoms with Crippen LogP contribution in [0.3, 0.4) is 0 Å². The van der Waals surface area contributed by atoms with Gasteiger partial charge in [0.25, 0.3) is 0 Å². The van der Waals surface area contributed by atoms with E-state index < -0.39 is 5.82 Å². The highest BCUT2D eigenvalue weighted by molar-refractivity contribution is 5.89. The molecule has 6 heteroatoms. The summed E-state index contributed by atoms with van der Waals surface area (Å²) in [5.41, 5.74) is 0.888. The Balaban J connectivity index is 1.99. The van der Waals surface area contributed by atoms with E-state index in [0.717, 1.165) is 0 Å². The summed E-state index contributed by atoms with van der Waals surface area (Å²) in [6.07, 6.45) is 1.29. The lowest BCUT2D eigenvalue weighted by Gasteiger charge is -2.18. The zero-order valence-corrected chi connectivity index (χ0v) is 12.7. The van der Waals surface area contributed by atoms with Gasteiger partial charge in [0.1, 0.15) is 35.0 Å². The van der Waals surface area contributed by atoms with E-state index in [4.69, 9.17) is 4.74 Å². The van der Waals surface area contributed by atoms with E-state index in [0.29, 0.717) is 22.5 Å². The number of fused-ring (bicyclic) bond motifs is 1. The quantitative estimate of drug-likeness (QED) is 0.788. The van der Waals surface area contributed by atoms with E-state index in [1.807, 2.05) is 6.92 Å². The summed E-state index contributed by atoms with van der Waals surface area (Å²) in [5.74, 6) is 0.279. The molecule has 2 aromatic carbocycles. The zero-order valence-electron chi connectivity index (χ0n) is 12.7. The minimum atomic E-state index is -0.413. The van der Waals surface area contributed by atoms with E-state index in [1.165, 1.54) is 31.6 Å². The van der Waals surface area contributed by atoms with Crippen LogP contribution in [0.15, 0.2) is 42.7 Å². The maximum Gasteiger partial charge on any atom is 0.149 e. The third-order valence-electron chi connectivity index (χ3n) is 3.63. The van der Waals surface area contributed by atoms with E-state index in [-0.39, 0.29) is 17.4 Å². The maximum absolute atomic E-state index is 13.8. The molecule has 23 heavy (non-hydrogen) atoms. The Hall–Kier alpha value is -2.76. The van der Waals surface area contributed by atoms with E-state index >= 15 is 0 Å². The van der Waals surface area contributed by atoms with Crippen molar-refractivity contribution in [3.05, 3.63) is 59.9 Å². The van der Waals surface area contributed by atoms with Crippen LogP contribution in [0.1, 0.15) is 18.5 Å². The average molecular weight is 315 g/mol. The van der Waals surface area contributed by atoms with Gasteiger partial charge in [-0.3, -0.25) is 0 Å². The van der Waals surface area contributed by atoms with Crippen molar-refractivity contribution in [1.82, 2.24) is 9.97 Å². The Morgan fingerprint density at radius 1 is 1.13 bits per heavy atom. The fourth-order valence-electron chi connectivity index (χ4n) is 2.49. The number of para-hydroxylation sites is 1. The second-order valence-electron chi connectivity index (χ2n) is 5.11. The fraction of sp³-hybridized carbons (Fsp3) is 0.176. The van der Waals surface area contributed by atoms with Crippen molar-refractivity contribution >= 4 is 16.7 Å². The van der Waals surface area contributed by atoms with Gasteiger partial charge < -0.3 is 10.1 Å². The number of halogens is 2. The minimum Gasteiger partial charge on any atom is -0.496 e. The van der Waals surface area contributed by atoms with Crippen molar-refractivity contribution in [2.75, 3.05) is 12.4 Å². The monoisotopic (exact) mass is 315 g/mol. The Bertz CT molecular complexity index is 854. The first kappa shape index (κ1) is 15.1. The fourth-order valence-corrected chi connectivity index (χ4v) is 2.49. The molecular weight excluding hydrogens is 300 g/mol. The normalized spacial score (nSPS) is 12.2. The number of aromatic nitrogens is 2. The Kier molecular flexibility index (Phi) is 4.06. The molecule has 0 aliphatic carbocycles. The summed E-state index contributed by atoms with van der Waals surface area (Å²) in [6.45, 7) is 1.85. The van der Waals surface area contributed by atoms with Crippen LogP contribution in [0.4, 0.5) is 14.6 Å². The smallest absolute Gasteiger partial charge is 0.149 e. The third kappa shape index (κ3) is 2.92. The topological polar surface area (TPSA) is 47.0 Å². The van der Waals surface area contributed by atoms with Crippen LogP contribution in [-0.4, -0.2) is 17.1 Å². The highest BCUT2D eigenvalue weighted by Crippen LogP contribution is 2.30. The molecule has 4 nitrogen and oxygen atoms in total. The van der Waals surface area contributed by atoms with Crippen LogP contribution in [-0.2, 0) is 0 Å². The highest BCUT2D eigenvalue weighted by atomic mass is 19.1. The first-order valence-electron chi connectivity index (χ1n) is 7.09. The molecule has 0 radical (unpaired) electrons. The van der Waals surface area contributed by atoms with Gasteiger partial charge in [-0.15, -0.1) is 0 Å². The van der Waals surface area contributed by atoms with Crippen LogP contribution in [0.5, 0.6) is 5.75 Å². The molecule has 0 spiro atoms.